The largest absolute Gasteiger partial charge is 0.490 e. The Morgan fingerprint density at radius 2 is 1.59 bits per heavy atom. The van der Waals surface area contributed by atoms with E-state index in [0.717, 1.165) is 30.9 Å². The molecule has 0 bridgehead atoms. The van der Waals surface area contributed by atoms with Crippen molar-refractivity contribution in [1.82, 2.24) is 14.8 Å². The van der Waals surface area contributed by atoms with E-state index in [1.54, 1.807) is 11.3 Å². The van der Waals surface area contributed by atoms with Crippen molar-refractivity contribution >= 4 is 29.2 Å². The quantitative estimate of drug-likeness (QED) is 0.547. The summed E-state index contributed by atoms with van der Waals surface area (Å²) in [6, 6.07) is 11.0. The minimum absolute atomic E-state index is 0.277. The van der Waals surface area contributed by atoms with Gasteiger partial charge in [0.25, 0.3) is 0 Å². The fraction of sp³-hybridized carbons (Fsp3) is 0.455. The van der Waals surface area contributed by atoms with Gasteiger partial charge >= 0.3 is 24.3 Å². The number of carbonyl (C=O) groups is 3. The second-order valence-corrected chi connectivity index (χ2v) is 9.11. The summed E-state index contributed by atoms with van der Waals surface area (Å²) in [5.74, 6) is -5.24. The lowest BCUT2D eigenvalue weighted by Gasteiger charge is -2.25. The predicted octanol–water partition coefficient (Wildman–Crippen LogP) is 4.09. The Kier molecular flexibility index (Phi) is 10.0. The summed E-state index contributed by atoms with van der Waals surface area (Å²) in [7, 11) is 0. The Morgan fingerprint density at radius 3 is 2.08 bits per heavy atom. The zero-order chi connectivity index (χ0) is 28.0. The van der Waals surface area contributed by atoms with Crippen LogP contribution in [0.1, 0.15) is 29.1 Å². The zero-order valence-corrected chi connectivity index (χ0v) is 20.1. The van der Waals surface area contributed by atoms with Crippen molar-refractivity contribution in [2.45, 2.75) is 57.3 Å². The summed E-state index contributed by atoms with van der Waals surface area (Å²) in [5.41, 5.74) is 2.01. The van der Waals surface area contributed by atoms with Gasteiger partial charge in [-0.05, 0) is 36.9 Å². The van der Waals surface area contributed by atoms with Gasteiger partial charge in [-0.1, -0.05) is 12.1 Å². The van der Waals surface area contributed by atoms with Crippen molar-refractivity contribution < 1.29 is 50.9 Å². The molecule has 0 aromatic carbocycles. The van der Waals surface area contributed by atoms with Crippen LogP contribution in [0.15, 0.2) is 35.7 Å². The minimum atomic E-state index is -5.08. The zero-order valence-electron chi connectivity index (χ0n) is 19.3. The van der Waals surface area contributed by atoms with Crippen molar-refractivity contribution in [3.63, 3.8) is 0 Å². The molecule has 2 N–H and O–H groups in total. The first-order valence-corrected chi connectivity index (χ1v) is 11.6. The summed E-state index contributed by atoms with van der Waals surface area (Å²) >= 11 is 1.80. The van der Waals surface area contributed by atoms with Gasteiger partial charge in [-0.3, -0.25) is 14.7 Å². The van der Waals surface area contributed by atoms with Gasteiger partial charge in [0, 0.05) is 42.2 Å². The first kappa shape index (κ1) is 30.0. The Balaban J connectivity index is 0.000000286. The van der Waals surface area contributed by atoms with E-state index in [9.17, 15) is 31.1 Å². The number of hydrogen-bond acceptors (Lipinski definition) is 6. The molecule has 0 unspecified atom stereocenters. The average molecular weight is 555 g/mol. The molecule has 0 aliphatic carbocycles. The molecule has 2 fully saturated rings. The van der Waals surface area contributed by atoms with Crippen LogP contribution in [-0.4, -0.2) is 73.8 Å². The number of carboxylic acid groups (broad SMARTS) is 2. The molecule has 2 aromatic rings. The van der Waals surface area contributed by atoms with E-state index < -0.39 is 24.3 Å². The van der Waals surface area contributed by atoms with Gasteiger partial charge in [0.1, 0.15) is 0 Å². The maximum atomic E-state index is 12.5. The van der Waals surface area contributed by atoms with Crippen LogP contribution in [0.25, 0.3) is 0 Å². The first-order chi connectivity index (χ1) is 17.1. The second kappa shape index (κ2) is 12.4. The number of fused-ring (bicyclic) bond motifs is 1. The number of carbonyl (C=O) groups excluding carboxylic acids is 1. The normalized spacial score (nSPS) is 19.4. The third-order valence-electron chi connectivity index (χ3n) is 5.43. The molecular formula is C22H23F6N3O5S. The molecule has 2 aromatic heterocycles. The molecule has 4 heterocycles. The predicted molar refractivity (Wildman–Crippen MR) is 118 cm³/mol. The fourth-order valence-corrected chi connectivity index (χ4v) is 4.61. The molecule has 2 aliphatic heterocycles. The standard InChI is InChI=1S/C18H21N3OS.2C2HF3O2/c1-13-4-2-5-14(19-13)11-21-16-7-8-20(17(16)10-18(21)22)12-15-6-3-9-23-15;2*3-2(4,5)1(6)7/h2-6,9,16-17H,7-8,10-12H2,1H3;2*(H,6,7)/t16-,17-;;/m0../s1. The number of hydrogen-bond donors (Lipinski definition) is 2. The third-order valence-corrected chi connectivity index (χ3v) is 6.29. The molecule has 0 radical (unpaired) electrons. The average Bonchev–Trinajstić information content (AvgIpc) is 3.49. The Hall–Kier alpha value is -3.20. The van der Waals surface area contributed by atoms with Gasteiger partial charge in [-0.2, -0.15) is 26.3 Å². The van der Waals surface area contributed by atoms with E-state index in [4.69, 9.17) is 19.8 Å². The molecule has 2 atom stereocenters. The van der Waals surface area contributed by atoms with Crippen LogP contribution in [-0.2, 0) is 27.5 Å². The summed E-state index contributed by atoms with van der Waals surface area (Å²) in [6.45, 7) is 4.70. The van der Waals surface area contributed by atoms with Crippen molar-refractivity contribution in [1.29, 1.82) is 0 Å². The number of likely N-dealkylation sites (tertiary alicyclic amines) is 2. The fourth-order valence-electron chi connectivity index (χ4n) is 3.88. The smallest absolute Gasteiger partial charge is 0.475 e. The van der Waals surface area contributed by atoms with Gasteiger partial charge in [-0.25, -0.2) is 9.59 Å². The lowest BCUT2D eigenvalue weighted by molar-refractivity contribution is -0.193. The van der Waals surface area contributed by atoms with E-state index in [1.807, 2.05) is 25.1 Å². The van der Waals surface area contributed by atoms with Gasteiger partial charge in [0.15, 0.2) is 0 Å². The van der Waals surface area contributed by atoms with E-state index in [0.29, 0.717) is 25.0 Å². The van der Waals surface area contributed by atoms with Crippen LogP contribution in [0.2, 0.25) is 0 Å². The highest BCUT2D eigenvalue weighted by atomic mass is 32.1. The highest BCUT2D eigenvalue weighted by Crippen LogP contribution is 2.34. The second-order valence-electron chi connectivity index (χ2n) is 8.08. The van der Waals surface area contributed by atoms with E-state index in [2.05, 4.69) is 32.3 Å². The highest BCUT2D eigenvalue weighted by molar-refractivity contribution is 7.09. The van der Waals surface area contributed by atoms with Gasteiger partial charge in [-0.15, -0.1) is 11.3 Å². The van der Waals surface area contributed by atoms with Gasteiger partial charge in [0.2, 0.25) is 5.91 Å². The van der Waals surface area contributed by atoms with Crippen LogP contribution in [0.5, 0.6) is 0 Å². The molecule has 204 valence electrons. The van der Waals surface area contributed by atoms with Crippen molar-refractivity contribution in [2.75, 3.05) is 6.54 Å². The van der Waals surface area contributed by atoms with E-state index in [-0.39, 0.29) is 5.91 Å². The molecule has 0 spiro atoms. The lowest BCUT2D eigenvalue weighted by atomic mass is 10.1. The summed E-state index contributed by atoms with van der Waals surface area (Å²) in [5, 5.41) is 16.4. The maximum absolute atomic E-state index is 12.5. The number of rotatable bonds is 4. The van der Waals surface area contributed by atoms with Gasteiger partial charge in [0.05, 0.1) is 12.2 Å². The SMILES string of the molecule is Cc1cccc(CN2C(=O)C[C@H]3[C@@H]2CCN3Cc2cccs2)n1.O=C(O)C(F)(F)F.O=C(O)C(F)(F)F. The number of aliphatic carboxylic acids is 2. The number of carboxylic acids is 2. The maximum Gasteiger partial charge on any atom is 0.490 e. The number of aromatic nitrogens is 1. The third kappa shape index (κ3) is 9.00. The minimum Gasteiger partial charge on any atom is -0.475 e. The Labute approximate surface area is 211 Å². The van der Waals surface area contributed by atoms with Crippen LogP contribution in [0.3, 0.4) is 0 Å². The number of pyridine rings is 1. The molecule has 0 saturated carbocycles. The number of thiophene rings is 1. The number of amides is 1. The molecule has 2 saturated heterocycles. The molecular weight excluding hydrogens is 532 g/mol. The topological polar surface area (TPSA) is 111 Å². The Morgan fingerprint density at radius 1 is 1.00 bits per heavy atom. The summed E-state index contributed by atoms with van der Waals surface area (Å²) in [6.07, 6.45) is -8.44. The van der Waals surface area contributed by atoms with E-state index in [1.165, 1.54) is 4.88 Å². The lowest BCUT2D eigenvalue weighted by Crippen LogP contribution is -2.36. The molecule has 8 nitrogen and oxygen atoms in total. The van der Waals surface area contributed by atoms with Crippen LogP contribution < -0.4 is 0 Å². The van der Waals surface area contributed by atoms with Gasteiger partial charge < -0.3 is 15.1 Å². The molecule has 4 rings (SSSR count). The van der Waals surface area contributed by atoms with Crippen molar-refractivity contribution in [2.24, 2.45) is 0 Å². The van der Waals surface area contributed by atoms with Crippen LogP contribution >= 0.6 is 11.3 Å². The highest BCUT2D eigenvalue weighted by Gasteiger charge is 2.46. The molecule has 1 amide bonds. The monoisotopic (exact) mass is 555 g/mol. The number of aryl methyl sites for hydroxylation is 1. The van der Waals surface area contributed by atoms with Crippen molar-refractivity contribution in [3.05, 3.63) is 52.0 Å². The molecule has 15 heteroatoms. The number of alkyl halides is 6. The van der Waals surface area contributed by atoms with E-state index >= 15 is 0 Å². The van der Waals surface area contributed by atoms with Crippen LogP contribution in [0, 0.1) is 6.92 Å². The summed E-state index contributed by atoms with van der Waals surface area (Å²) in [4.78, 5) is 40.8. The van der Waals surface area contributed by atoms with Crippen molar-refractivity contribution in [3.8, 4) is 0 Å². The van der Waals surface area contributed by atoms with Crippen LogP contribution in [0.4, 0.5) is 26.3 Å². The number of nitrogens with zero attached hydrogens (tertiary/aromatic N) is 3. The molecule has 2 aliphatic rings. The summed E-state index contributed by atoms with van der Waals surface area (Å²) < 4.78 is 63.5. The molecule has 37 heavy (non-hydrogen) atoms. The first-order valence-electron chi connectivity index (χ1n) is 10.7. The Bertz CT molecular complexity index is 1050. The number of halogens is 6.